The molecule has 0 aliphatic heterocycles. The Hall–Kier alpha value is -2.91. The van der Waals surface area contributed by atoms with E-state index >= 15 is 0 Å². The van der Waals surface area contributed by atoms with E-state index < -0.39 is 11.5 Å². The normalized spacial score (nSPS) is 11.3. The number of aromatic nitrogens is 3. The van der Waals surface area contributed by atoms with Gasteiger partial charge in [-0.2, -0.15) is 0 Å². The van der Waals surface area contributed by atoms with Crippen LogP contribution in [0.25, 0.3) is 33.5 Å². The molecule has 3 aromatic heterocycles. The first-order valence-corrected chi connectivity index (χ1v) is 11.3. The summed E-state index contributed by atoms with van der Waals surface area (Å²) >= 11 is 21.6. The largest absolute Gasteiger partial charge is 0.449 e. The number of carbonyl (C=O) groups excluding carboxylic acids is 1. The summed E-state index contributed by atoms with van der Waals surface area (Å²) in [7, 11) is 0. The Morgan fingerprint density at radius 1 is 1.00 bits per heavy atom. The zero-order chi connectivity index (χ0) is 23.3. The van der Waals surface area contributed by atoms with Crippen molar-refractivity contribution >= 4 is 84.4 Å². The molecule has 0 radical (unpaired) electrons. The molecule has 1 amide bonds. The number of halogens is 4. The van der Waals surface area contributed by atoms with Crippen molar-refractivity contribution < 1.29 is 9.21 Å². The number of hydrogen-bond acceptors (Lipinski definition) is 5. The minimum absolute atomic E-state index is 0.102. The van der Waals surface area contributed by atoms with E-state index in [0.717, 1.165) is 4.47 Å². The average molecular weight is 565 g/mol. The van der Waals surface area contributed by atoms with E-state index in [0.29, 0.717) is 27.7 Å². The van der Waals surface area contributed by atoms with Gasteiger partial charge in [0.1, 0.15) is 27.2 Å². The second kappa shape index (κ2) is 8.46. The lowest BCUT2D eigenvalue weighted by Gasteiger charge is -2.09. The quantitative estimate of drug-likeness (QED) is 0.237. The van der Waals surface area contributed by atoms with Gasteiger partial charge in [-0.3, -0.25) is 9.59 Å². The number of nitrogens with one attached hydrogen (secondary N) is 2. The van der Waals surface area contributed by atoms with Crippen LogP contribution < -0.4 is 10.9 Å². The Bertz CT molecular complexity index is 1630. The van der Waals surface area contributed by atoms with Gasteiger partial charge in [0.25, 0.3) is 11.5 Å². The number of nitrogens with zero attached hydrogens (tertiary/aromatic N) is 2. The molecule has 0 atom stereocenters. The number of hydrogen-bond donors (Lipinski definition) is 2. The Morgan fingerprint density at radius 3 is 2.48 bits per heavy atom. The first kappa shape index (κ1) is 21.9. The van der Waals surface area contributed by atoms with Gasteiger partial charge in [-0.15, -0.1) is 0 Å². The van der Waals surface area contributed by atoms with Crippen molar-refractivity contribution in [3.05, 3.63) is 84.2 Å². The highest BCUT2D eigenvalue weighted by Gasteiger charge is 2.17. The topological polar surface area (TPSA) is 101 Å². The zero-order valence-corrected chi connectivity index (χ0v) is 20.1. The van der Waals surface area contributed by atoms with Crippen LogP contribution in [0.3, 0.4) is 0 Å². The van der Waals surface area contributed by atoms with E-state index in [9.17, 15) is 9.59 Å². The molecule has 0 aliphatic carbocycles. The van der Waals surface area contributed by atoms with E-state index in [2.05, 4.69) is 36.2 Å². The fraction of sp³-hybridized carbons (Fsp3) is 0. The van der Waals surface area contributed by atoms with E-state index in [1.54, 1.807) is 24.3 Å². The smallest absolute Gasteiger partial charge is 0.294 e. The molecule has 7 nitrogen and oxygen atoms in total. The number of furan rings is 1. The molecule has 0 bridgehead atoms. The fourth-order valence-corrected chi connectivity index (χ4v) is 4.43. The van der Waals surface area contributed by atoms with Crippen LogP contribution in [0, 0.1) is 0 Å². The lowest BCUT2D eigenvalue weighted by Crippen LogP contribution is -2.12. The number of carbonyl (C=O) groups is 1. The second-order valence-electron chi connectivity index (χ2n) is 6.98. The van der Waals surface area contributed by atoms with Gasteiger partial charge in [0, 0.05) is 26.7 Å². The van der Waals surface area contributed by atoms with Crippen LogP contribution in [-0.2, 0) is 0 Å². The molecule has 11 heteroatoms. The lowest BCUT2D eigenvalue weighted by atomic mass is 10.1. The molecule has 0 unspecified atom stereocenters. The maximum Gasteiger partial charge on any atom is 0.294 e. The van der Waals surface area contributed by atoms with Crippen molar-refractivity contribution in [2.24, 2.45) is 0 Å². The molecule has 5 aromatic rings. The summed E-state index contributed by atoms with van der Waals surface area (Å²) in [5.74, 6) is -0.167. The minimum atomic E-state index is -0.437. The highest BCUT2D eigenvalue weighted by atomic mass is 79.9. The molecule has 5 rings (SSSR count). The second-order valence-corrected chi connectivity index (χ2v) is 9.08. The highest BCUT2D eigenvalue weighted by molar-refractivity contribution is 9.10. The molecule has 2 N–H and O–H groups in total. The predicted octanol–water partition coefficient (Wildman–Crippen LogP) is 6.71. The van der Waals surface area contributed by atoms with Crippen molar-refractivity contribution in [1.82, 2.24) is 15.0 Å². The number of pyridine rings is 1. The molecule has 2 aromatic carbocycles. The van der Waals surface area contributed by atoms with Crippen LogP contribution >= 0.6 is 50.7 Å². The zero-order valence-electron chi connectivity index (χ0n) is 16.2. The Kier molecular flexibility index (Phi) is 5.62. The molecule has 3 heterocycles. The van der Waals surface area contributed by atoms with Crippen LogP contribution in [0.1, 0.15) is 10.4 Å². The van der Waals surface area contributed by atoms with Gasteiger partial charge in [0.15, 0.2) is 0 Å². The number of fused-ring (bicyclic) bond motifs is 3. The van der Waals surface area contributed by atoms with Crippen molar-refractivity contribution in [2.75, 3.05) is 5.32 Å². The number of benzene rings is 2. The summed E-state index contributed by atoms with van der Waals surface area (Å²) in [6.45, 7) is 0. The highest BCUT2D eigenvalue weighted by Crippen LogP contribution is 2.32. The monoisotopic (exact) mass is 562 g/mol. The molecular formula is C22H10BrCl3N4O3. The molecule has 0 fully saturated rings. The van der Waals surface area contributed by atoms with Gasteiger partial charge in [0.2, 0.25) is 5.58 Å². The van der Waals surface area contributed by atoms with E-state index in [1.807, 2.05) is 12.1 Å². The summed E-state index contributed by atoms with van der Waals surface area (Å²) in [4.78, 5) is 36.3. The number of anilines is 1. The fourth-order valence-electron chi connectivity index (χ4n) is 3.34. The van der Waals surface area contributed by atoms with Gasteiger partial charge in [-0.05, 0) is 48.5 Å². The molecule has 0 spiro atoms. The van der Waals surface area contributed by atoms with Crippen LogP contribution in [0.4, 0.5) is 5.69 Å². The summed E-state index contributed by atoms with van der Waals surface area (Å²) in [5, 5.41) is 3.89. The Balaban J connectivity index is 1.51. The van der Waals surface area contributed by atoms with Crippen molar-refractivity contribution in [3.8, 4) is 11.4 Å². The maximum atomic E-state index is 12.6. The predicted molar refractivity (Wildman–Crippen MR) is 132 cm³/mol. The third-order valence-corrected chi connectivity index (χ3v) is 5.99. The van der Waals surface area contributed by atoms with Gasteiger partial charge in [0.05, 0.1) is 5.02 Å². The molecule has 0 saturated heterocycles. The molecule has 33 heavy (non-hydrogen) atoms. The van der Waals surface area contributed by atoms with E-state index in [-0.39, 0.29) is 32.3 Å². The van der Waals surface area contributed by atoms with Crippen LogP contribution in [0.2, 0.25) is 15.3 Å². The lowest BCUT2D eigenvalue weighted by molar-refractivity contribution is 0.102. The summed E-state index contributed by atoms with van der Waals surface area (Å²) < 4.78 is 6.48. The first-order chi connectivity index (χ1) is 15.8. The van der Waals surface area contributed by atoms with Crippen molar-refractivity contribution in [1.29, 1.82) is 0 Å². The van der Waals surface area contributed by atoms with Crippen LogP contribution in [0.5, 0.6) is 0 Å². The first-order valence-electron chi connectivity index (χ1n) is 9.35. The summed E-state index contributed by atoms with van der Waals surface area (Å²) in [5.41, 5.74) is 1.82. The average Bonchev–Trinajstić information content (AvgIpc) is 3.11. The van der Waals surface area contributed by atoms with Crippen molar-refractivity contribution in [2.45, 2.75) is 0 Å². The van der Waals surface area contributed by atoms with Crippen molar-refractivity contribution in [3.63, 3.8) is 0 Å². The van der Waals surface area contributed by atoms with E-state index in [1.165, 1.54) is 12.1 Å². The van der Waals surface area contributed by atoms with Gasteiger partial charge in [-0.25, -0.2) is 9.97 Å². The van der Waals surface area contributed by atoms with Crippen LogP contribution in [-0.4, -0.2) is 20.9 Å². The third kappa shape index (κ3) is 4.22. The minimum Gasteiger partial charge on any atom is -0.449 e. The number of aromatic amines is 1. The van der Waals surface area contributed by atoms with Gasteiger partial charge < -0.3 is 14.7 Å². The van der Waals surface area contributed by atoms with E-state index in [4.69, 9.17) is 39.2 Å². The summed E-state index contributed by atoms with van der Waals surface area (Å²) in [6.07, 6.45) is 0. The van der Waals surface area contributed by atoms with Gasteiger partial charge in [-0.1, -0.05) is 50.7 Å². The number of amides is 1. The third-order valence-electron chi connectivity index (χ3n) is 4.79. The molecule has 164 valence electrons. The number of H-pyrrole nitrogens is 1. The summed E-state index contributed by atoms with van der Waals surface area (Å²) in [6, 6.07) is 13.0. The molecule has 0 aliphatic rings. The van der Waals surface area contributed by atoms with Crippen LogP contribution in [0.15, 0.2) is 62.2 Å². The van der Waals surface area contributed by atoms with Gasteiger partial charge >= 0.3 is 0 Å². The molecular weight excluding hydrogens is 555 g/mol. The Morgan fingerprint density at radius 2 is 1.76 bits per heavy atom. The standard InChI is InChI=1S/C22H10BrCl3N4O3/c23-10-1-4-15-13(7-10)18-19(33-15)22(32)30-20(29-18)12-3-2-11(8-14(12)24)27-21(31)9-5-16(25)28-17(26)6-9/h1-8H,(H,27,31)(H,29,30,32). The number of rotatable bonds is 3. The SMILES string of the molecule is O=C(Nc1ccc(-c2nc3c(oc4ccc(Br)cc43)c(=O)[nH]2)c(Cl)c1)c1cc(Cl)nc(Cl)c1. The Labute approximate surface area is 208 Å². The maximum absolute atomic E-state index is 12.6. The molecule has 0 saturated carbocycles.